The van der Waals surface area contributed by atoms with E-state index >= 15 is 0 Å². The molecule has 14 heavy (non-hydrogen) atoms. The Morgan fingerprint density at radius 1 is 1.14 bits per heavy atom. The molecule has 0 heterocycles. The third-order valence-corrected chi connectivity index (χ3v) is 1.51. The standard InChI is InChI=1S/C8H7NO4.Co/c9-6-3-4(7(10)11)1-2-5(6)8(12)13;/h1-3H,9H2,(H,10,11)(H,12,13);/q;+2/p-2. The summed E-state index contributed by atoms with van der Waals surface area (Å²) in [7, 11) is 0. The first-order chi connectivity index (χ1) is 6.02. The Hall–Kier alpha value is -1.53. The smallest absolute Gasteiger partial charge is 0.545 e. The van der Waals surface area contributed by atoms with Crippen molar-refractivity contribution in [3.05, 3.63) is 29.3 Å². The minimum atomic E-state index is -1.44. The van der Waals surface area contributed by atoms with Crippen molar-refractivity contribution in [2.75, 3.05) is 5.73 Å². The van der Waals surface area contributed by atoms with Gasteiger partial charge in [0.15, 0.2) is 0 Å². The Morgan fingerprint density at radius 3 is 2.07 bits per heavy atom. The Morgan fingerprint density at radius 2 is 1.71 bits per heavy atom. The van der Waals surface area contributed by atoms with E-state index in [0.29, 0.717) is 0 Å². The van der Waals surface area contributed by atoms with Gasteiger partial charge in [-0.3, -0.25) is 0 Å². The summed E-state index contributed by atoms with van der Waals surface area (Å²) in [5, 5.41) is 20.7. The molecule has 0 unspecified atom stereocenters. The van der Waals surface area contributed by atoms with Crippen LogP contribution in [0.5, 0.6) is 0 Å². The van der Waals surface area contributed by atoms with Gasteiger partial charge in [0.2, 0.25) is 0 Å². The predicted octanol–water partition coefficient (Wildman–Crippen LogP) is -2.01. The molecule has 0 aromatic heterocycles. The van der Waals surface area contributed by atoms with Crippen molar-refractivity contribution in [3.8, 4) is 0 Å². The fraction of sp³-hybridized carbons (Fsp3) is 0. The molecule has 0 atom stereocenters. The van der Waals surface area contributed by atoms with E-state index in [0.717, 1.165) is 18.2 Å². The number of aromatic carboxylic acids is 2. The number of benzene rings is 1. The molecule has 5 nitrogen and oxygen atoms in total. The molecule has 75 valence electrons. The minimum absolute atomic E-state index is 0. The summed E-state index contributed by atoms with van der Waals surface area (Å²) in [6.45, 7) is 0. The van der Waals surface area contributed by atoms with Crippen LogP contribution in [0.3, 0.4) is 0 Å². The van der Waals surface area contributed by atoms with Gasteiger partial charge in [-0.2, -0.15) is 0 Å². The molecule has 1 radical (unpaired) electrons. The first-order valence-corrected chi connectivity index (χ1v) is 3.34. The zero-order valence-corrected chi connectivity index (χ0v) is 7.82. The van der Waals surface area contributed by atoms with E-state index in [9.17, 15) is 19.8 Å². The number of hydrogen-bond donors (Lipinski definition) is 1. The van der Waals surface area contributed by atoms with Crippen molar-refractivity contribution in [2.45, 2.75) is 0 Å². The van der Waals surface area contributed by atoms with Crippen LogP contribution in [0.1, 0.15) is 20.7 Å². The molecule has 1 rings (SSSR count). The average molecular weight is 238 g/mol. The van der Waals surface area contributed by atoms with Crippen LogP contribution < -0.4 is 15.9 Å². The molecular formula is C8H5CoNO4. The van der Waals surface area contributed by atoms with Gasteiger partial charge in [0.05, 0.1) is 11.9 Å². The van der Waals surface area contributed by atoms with Gasteiger partial charge < -0.3 is 25.5 Å². The van der Waals surface area contributed by atoms with Crippen molar-refractivity contribution in [2.24, 2.45) is 0 Å². The molecular weight excluding hydrogens is 233 g/mol. The third-order valence-electron chi connectivity index (χ3n) is 1.51. The van der Waals surface area contributed by atoms with Gasteiger partial charge >= 0.3 is 16.8 Å². The van der Waals surface area contributed by atoms with E-state index in [4.69, 9.17) is 5.73 Å². The maximum absolute atomic E-state index is 10.3. The summed E-state index contributed by atoms with van der Waals surface area (Å²) < 4.78 is 0. The Labute approximate surface area is 89.7 Å². The molecule has 0 amide bonds. The van der Waals surface area contributed by atoms with Crippen molar-refractivity contribution >= 4 is 17.6 Å². The maximum Gasteiger partial charge on any atom is 2.00 e. The largest absolute Gasteiger partial charge is 2.00 e. The van der Waals surface area contributed by atoms with Crippen LogP contribution in [-0.4, -0.2) is 11.9 Å². The van der Waals surface area contributed by atoms with Crippen LogP contribution in [-0.2, 0) is 16.8 Å². The van der Waals surface area contributed by atoms with Crippen LogP contribution in [0.25, 0.3) is 0 Å². The number of nitrogens with two attached hydrogens (primary N) is 1. The molecule has 0 fully saturated rings. The quantitative estimate of drug-likeness (QED) is 0.599. The molecule has 0 spiro atoms. The van der Waals surface area contributed by atoms with E-state index in [1.54, 1.807) is 0 Å². The van der Waals surface area contributed by atoms with Crippen LogP contribution >= 0.6 is 0 Å². The summed E-state index contributed by atoms with van der Waals surface area (Å²) in [6.07, 6.45) is 0. The number of hydrogen-bond acceptors (Lipinski definition) is 5. The number of nitrogen functional groups attached to an aromatic ring is 1. The van der Waals surface area contributed by atoms with Crippen molar-refractivity contribution in [1.82, 2.24) is 0 Å². The monoisotopic (exact) mass is 238 g/mol. The summed E-state index contributed by atoms with van der Waals surface area (Å²) >= 11 is 0. The second kappa shape index (κ2) is 4.63. The van der Waals surface area contributed by atoms with Gasteiger partial charge in [-0.15, -0.1) is 0 Å². The second-order valence-corrected chi connectivity index (χ2v) is 2.38. The number of anilines is 1. The summed E-state index contributed by atoms with van der Waals surface area (Å²) in [4.78, 5) is 20.7. The molecule has 0 aliphatic carbocycles. The average Bonchev–Trinajstić information content (AvgIpc) is 2.03. The molecule has 0 bridgehead atoms. The zero-order valence-electron chi connectivity index (χ0n) is 6.78. The van der Waals surface area contributed by atoms with Crippen LogP contribution in [0, 0.1) is 0 Å². The number of carbonyl (C=O) groups is 2. The van der Waals surface area contributed by atoms with Crippen molar-refractivity contribution < 1.29 is 36.6 Å². The molecule has 1 aromatic carbocycles. The van der Waals surface area contributed by atoms with Gasteiger partial charge in [0.25, 0.3) is 0 Å². The molecule has 0 saturated heterocycles. The summed E-state index contributed by atoms with van der Waals surface area (Å²) in [6, 6.07) is 3.17. The first-order valence-electron chi connectivity index (χ1n) is 3.34. The topological polar surface area (TPSA) is 106 Å². The third kappa shape index (κ3) is 2.48. The second-order valence-electron chi connectivity index (χ2n) is 2.38. The van der Waals surface area contributed by atoms with Gasteiger partial charge in [-0.05, 0) is 11.6 Å². The maximum atomic E-state index is 10.3. The number of carboxylic acids is 2. The summed E-state index contributed by atoms with van der Waals surface area (Å²) in [5.41, 5.74) is 4.70. The normalized spacial score (nSPS) is 8.86. The van der Waals surface area contributed by atoms with Crippen LogP contribution in [0.15, 0.2) is 18.2 Å². The van der Waals surface area contributed by atoms with Gasteiger partial charge in [-0.25, -0.2) is 0 Å². The number of carboxylic acid groups (broad SMARTS) is 2. The molecule has 0 saturated carbocycles. The SMILES string of the molecule is Nc1cc(C(=O)[O-])ccc1C(=O)[O-].[Co+2]. The first kappa shape index (κ1) is 12.5. The van der Waals surface area contributed by atoms with Crippen molar-refractivity contribution in [1.29, 1.82) is 0 Å². The molecule has 1 aromatic rings. The van der Waals surface area contributed by atoms with Gasteiger partial charge in [0.1, 0.15) is 0 Å². The van der Waals surface area contributed by atoms with Gasteiger partial charge in [0, 0.05) is 11.3 Å². The molecule has 6 heteroatoms. The van der Waals surface area contributed by atoms with E-state index < -0.39 is 11.9 Å². The number of carbonyl (C=O) groups excluding carboxylic acids is 2. The van der Waals surface area contributed by atoms with Gasteiger partial charge in [-0.1, -0.05) is 12.1 Å². The Balaban J connectivity index is 0.00000169. The van der Waals surface area contributed by atoms with E-state index in [-0.39, 0.29) is 33.6 Å². The Bertz CT molecular complexity index is 378. The fourth-order valence-corrected chi connectivity index (χ4v) is 0.876. The molecule has 0 aliphatic rings. The Kier molecular flexibility index (Phi) is 4.13. The van der Waals surface area contributed by atoms with Crippen LogP contribution in [0.2, 0.25) is 0 Å². The zero-order chi connectivity index (χ0) is 10.0. The predicted molar refractivity (Wildman–Crippen MR) is 39.5 cm³/mol. The summed E-state index contributed by atoms with van der Waals surface area (Å²) in [5.74, 6) is -2.85. The van der Waals surface area contributed by atoms with E-state index in [1.807, 2.05) is 0 Å². The van der Waals surface area contributed by atoms with Crippen LogP contribution in [0.4, 0.5) is 5.69 Å². The van der Waals surface area contributed by atoms with E-state index in [1.165, 1.54) is 0 Å². The van der Waals surface area contributed by atoms with E-state index in [2.05, 4.69) is 0 Å². The van der Waals surface area contributed by atoms with Crippen molar-refractivity contribution in [3.63, 3.8) is 0 Å². The molecule has 0 aliphatic heterocycles. The molecule has 2 N–H and O–H groups in total. The minimum Gasteiger partial charge on any atom is -0.545 e. The number of rotatable bonds is 2. The fourth-order valence-electron chi connectivity index (χ4n) is 0.876.